The molecular weight excluding hydrogens is 426 g/mol. The number of ether oxygens (including phenoxy) is 1. The maximum Gasteiger partial charge on any atom is 0.384 e. The maximum absolute atomic E-state index is 13.8. The highest BCUT2D eigenvalue weighted by atomic mass is 19.4. The standard InChI is InChI=1S/C17H18F10O2/c1-6-7(2)9-3-8(6)4-10(9)12(28)29-5-11-13(18,19)15(22,23)17(26,27)16(24,25)14(11,20)21/h6-11H,3-5H2,1-2H3. The molecule has 3 rings (SSSR count). The zero-order chi connectivity index (χ0) is 22.4. The third kappa shape index (κ3) is 2.58. The number of rotatable bonds is 3. The molecule has 0 aliphatic heterocycles. The van der Waals surface area contributed by atoms with Crippen LogP contribution in [0.3, 0.4) is 0 Å². The lowest BCUT2D eigenvalue weighted by molar-refractivity contribution is -0.465. The SMILES string of the molecule is CC1C2CC(C(=O)OCC3C(F)(F)C(F)(F)C(F)(F)C(F)(F)C3(F)F)C(C2)C1C. The van der Waals surface area contributed by atoms with Crippen molar-refractivity contribution in [1.82, 2.24) is 0 Å². The first kappa shape index (κ1) is 22.5. The minimum atomic E-state index is -7.01. The Kier molecular flexibility index (Phi) is 4.76. The molecule has 3 aliphatic rings. The van der Waals surface area contributed by atoms with Gasteiger partial charge in [-0.3, -0.25) is 4.79 Å². The number of carbonyl (C=O) groups excluding carboxylic acids is 1. The molecule has 0 heterocycles. The van der Waals surface area contributed by atoms with E-state index in [0.717, 1.165) is 0 Å². The van der Waals surface area contributed by atoms with Crippen LogP contribution >= 0.6 is 0 Å². The largest absolute Gasteiger partial charge is 0.465 e. The molecule has 3 fully saturated rings. The quantitative estimate of drug-likeness (QED) is 0.438. The van der Waals surface area contributed by atoms with Crippen LogP contribution in [0.2, 0.25) is 0 Å². The number of esters is 1. The average Bonchev–Trinajstić information content (AvgIpc) is 3.13. The van der Waals surface area contributed by atoms with E-state index >= 15 is 0 Å². The van der Waals surface area contributed by atoms with Gasteiger partial charge in [-0.25, -0.2) is 0 Å². The predicted octanol–water partition coefficient (Wildman–Crippen LogP) is 5.26. The van der Waals surface area contributed by atoms with Crippen molar-refractivity contribution < 1.29 is 53.4 Å². The minimum Gasteiger partial charge on any atom is -0.465 e. The zero-order valence-corrected chi connectivity index (χ0v) is 15.2. The van der Waals surface area contributed by atoms with Crippen molar-refractivity contribution in [2.24, 2.45) is 35.5 Å². The van der Waals surface area contributed by atoms with Crippen LogP contribution in [0.1, 0.15) is 26.7 Å². The highest BCUT2D eigenvalue weighted by molar-refractivity contribution is 5.73. The second kappa shape index (κ2) is 6.15. The summed E-state index contributed by atoms with van der Waals surface area (Å²) in [6.07, 6.45) is 0.858. The lowest BCUT2D eigenvalue weighted by atomic mass is 9.74. The molecule has 12 heteroatoms. The molecule has 0 saturated heterocycles. The minimum absolute atomic E-state index is 0.0243. The Bertz CT molecular complexity index is 660. The van der Waals surface area contributed by atoms with Crippen molar-refractivity contribution in [1.29, 1.82) is 0 Å². The van der Waals surface area contributed by atoms with Gasteiger partial charge in [-0.1, -0.05) is 13.8 Å². The van der Waals surface area contributed by atoms with E-state index in [1.807, 2.05) is 13.8 Å². The molecule has 2 nitrogen and oxygen atoms in total. The number of hydrogen-bond acceptors (Lipinski definition) is 2. The Labute approximate surface area is 158 Å². The number of carbonyl (C=O) groups is 1. The van der Waals surface area contributed by atoms with Crippen LogP contribution in [0.5, 0.6) is 0 Å². The van der Waals surface area contributed by atoms with Gasteiger partial charge in [0.2, 0.25) is 0 Å². The number of hydrogen-bond donors (Lipinski definition) is 0. The van der Waals surface area contributed by atoms with Gasteiger partial charge in [-0.15, -0.1) is 0 Å². The molecule has 0 amide bonds. The van der Waals surface area contributed by atoms with Crippen LogP contribution in [0.25, 0.3) is 0 Å². The summed E-state index contributed by atoms with van der Waals surface area (Å²) in [4.78, 5) is 12.2. The van der Waals surface area contributed by atoms with Gasteiger partial charge in [0.15, 0.2) is 0 Å². The van der Waals surface area contributed by atoms with Gasteiger partial charge in [-0.05, 0) is 36.5 Å². The molecular formula is C17H18F10O2. The molecule has 5 atom stereocenters. The Morgan fingerprint density at radius 2 is 1.28 bits per heavy atom. The van der Waals surface area contributed by atoms with E-state index < -0.39 is 54.0 Å². The van der Waals surface area contributed by atoms with E-state index in [-0.39, 0.29) is 30.1 Å². The number of fused-ring (bicyclic) bond motifs is 2. The van der Waals surface area contributed by atoms with Gasteiger partial charge >= 0.3 is 35.6 Å². The Hall–Kier alpha value is -1.23. The zero-order valence-electron chi connectivity index (χ0n) is 15.2. The summed E-state index contributed by atoms with van der Waals surface area (Å²) in [5, 5.41) is 0. The summed E-state index contributed by atoms with van der Waals surface area (Å²) >= 11 is 0. The van der Waals surface area contributed by atoms with Crippen LogP contribution in [0.15, 0.2) is 0 Å². The lowest BCUT2D eigenvalue weighted by Gasteiger charge is -2.49. The number of alkyl halides is 10. The van der Waals surface area contributed by atoms with Crippen LogP contribution in [0, 0.1) is 35.5 Å². The second-order valence-corrected chi connectivity index (χ2v) is 8.37. The topological polar surface area (TPSA) is 26.3 Å². The molecule has 0 N–H and O–H groups in total. The molecule has 3 saturated carbocycles. The summed E-state index contributed by atoms with van der Waals surface area (Å²) in [6.45, 7) is 1.52. The predicted molar refractivity (Wildman–Crippen MR) is 77.2 cm³/mol. The van der Waals surface area contributed by atoms with Gasteiger partial charge < -0.3 is 4.74 Å². The van der Waals surface area contributed by atoms with Crippen molar-refractivity contribution in [2.45, 2.75) is 56.3 Å². The Balaban J connectivity index is 1.82. The molecule has 0 spiro atoms. The van der Waals surface area contributed by atoms with Gasteiger partial charge in [0.05, 0.1) is 5.92 Å². The first-order chi connectivity index (χ1) is 12.9. The fourth-order valence-electron chi connectivity index (χ4n) is 4.97. The molecule has 168 valence electrons. The van der Waals surface area contributed by atoms with Crippen molar-refractivity contribution in [3.8, 4) is 0 Å². The molecule has 3 aliphatic carbocycles. The van der Waals surface area contributed by atoms with E-state index in [1.165, 1.54) is 0 Å². The van der Waals surface area contributed by atoms with Crippen molar-refractivity contribution >= 4 is 5.97 Å². The van der Waals surface area contributed by atoms with Crippen molar-refractivity contribution in [3.05, 3.63) is 0 Å². The van der Waals surface area contributed by atoms with Crippen molar-refractivity contribution in [2.75, 3.05) is 6.61 Å². The fraction of sp³-hybridized carbons (Fsp3) is 0.941. The maximum atomic E-state index is 13.8. The first-order valence-electron chi connectivity index (χ1n) is 8.98. The number of halogens is 10. The third-order valence-corrected chi connectivity index (χ3v) is 7.09. The summed E-state index contributed by atoms with van der Waals surface area (Å²) in [5.74, 6) is -39.4. The van der Waals surface area contributed by atoms with Gasteiger partial charge in [0, 0.05) is 0 Å². The monoisotopic (exact) mass is 444 g/mol. The normalized spacial score (nSPS) is 41.3. The highest BCUT2D eigenvalue weighted by Crippen LogP contribution is 2.67. The average molecular weight is 444 g/mol. The lowest BCUT2D eigenvalue weighted by Crippen LogP contribution is -2.78. The Morgan fingerprint density at radius 1 is 0.793 bits per heavy atom. The van der Waals surface area contributed by atoms with E-state index in [1.54, 1.807) is 0 Å². The van der Waals surface area contributed by atoms with Crippen LogP contribution in [-0.2, 0) is 9.53 Å². The summed E-state index contributed by atoms with van der Waals surface area (Å²) < 4.78 is 140. The van der Waals surface area contributed by atoms with E-state index in [0.29, 0.717) is 6.42 Å². The third-order valence-electron chi connectivity index (χ3n) is 7.09. The Morgan fingerprint density at radius 3 is 1.69 bits per heavy atom. The van der Waals surface area contributed by atoms with Gasteiger partial charge in [0.25, 0.3) is 0 Å². The molecule has 0 radical (unpaired) electrons. The summed E-state index contributed by atoms with van der Waals surface area (Å²) in [7, 11) is 0. The second-order valence-electron chi connectivity index (χ2n) is 8.37. The van der Waals surface area contributed by atoms with Crippen LogP contribution < -0.4 is 0 Å². The van der Waals surface area contributed by atoms with Crippen molar-refractivity contribution in [3.63, 3.8) is 0 Å². The smallest absolute Gasteiger partial charge is 0.384 e. The molecule has 0 aromatic carbocycles. The van der Waals surface area contributed by atoms with Crippen LogP contribution in [-0.4, -0.2) is 42.2 Å². The molecule has 0 aromatic rings. The van der Waals surface area contributed by atoms with E-state index in [4.69, 9.17) is 0 Å². The molecule has 2 bridgehead atoms. The van der Waals surface area contributed by atoms with E-state index in [2.05, 4.69) is 4.74 Å². The molecule has 5 unspecified atom stereocenters. The van der Waals surface area contributed by atoms with Gasteiger partial charge in [0.1, 0.15) is 12.5 Å². The molecule has 0 aromatic heterocycles. The molecule has 29 heavy (non-hydrogen) atoms. The van der Waals surface area contributed by atoms with E-state index in [9.17, 15) is 48.7 Å². The highest BCUT2D eigenvalue weighted by Gasteiger charge is 2.95. The first-order valence-corrected chi connectivity index (χ1v) is 8.98. The fourth-order valence-corrected chi connectivity index (χ4v) is 4.97. The van der Waals surface area contributed by atoms with Crippen LogP contribution in [0.4, 0.5) is 43.9 Å². The summed E-state index contributed by atoms with van der Waals surface area (Å²) in [5.41, 5.74) is 0. The summed E-state index contributed by atoms with van der Waals surface area (Å²) in [6, 6.07) is 0. The van der Waals surface area contributed by atoms with Gasteiger partial charge in [-0.2, -0.15) is 43.9 Å².